The van der Waals surface area contributed by atoms with E-state index in [0.29, 0.717) is 47.4 Å². The summed E-state index contributed by atoms with van der Waals surface area (Å²) in [6, 6.07) is 11.3. The number of halogens is 2. The molecule has 2 bridgehead atoms. The van der Waals surface area contributed by atoms with Crippen LogP contribution in [0.5, 0.6) is 6.01 Å². The fraction of sp³-hybridized carbons (Fsp3) is 0.471. The minimum absolute atomic E-state index is 0.0445. The fourth-order valence-corrected chi connectivity index (χ4v) is 7.33. The van der Waals surface area contributed by atoms with Gasteiger partial charge in [-0.2, -0.15) is 9.97 Å². The van der Waals surface area contributed by atoms with Crippen molar-refractivity contribution in [2.24, 2.45) is 5.92 Å². The number of nitrogens with zero attached hydrogens (tertiary/aromatic N) is 6. The van der Waals surface area contributed by atoms with Gasteiger partial charge in [0.1, 0.15) is 22.6 Å². The minimum Gasteiger partial charge on any atom is -0.463 e. The maximum Gasteiger partial charge on any atom is 0.410 e. The molecule has 3 saturated heterocycles. The molecule has 0 radical (unpaired) electrons. The summed E-state index contributed by atoms with van der Waals surface area (Å²) in [4.78, 5) is 33.5. The predicted molar refractivity (Wildman–Crippen MR) is 173 cm³/mol. The number of hydrogen-bond donors (Lipinski definition) is 0. The van der Waals surface area contributed by atoms with Gasteiger partial charge in [0, 0.05) is 47.7 Å². The molecule has 7 rings (SSSR count). The molecule has 1 amide bonds. The molecule has 3 fully saturated rings. The Balaban J connectivity index is 1.29. The van der Waals surface area contributed by atoms with E-state index in [1.165, 1.54) is 0 Å². The SMILES string of the molecule is CN1CC[C@@H](COc2nc(N3CC4CCC(C3)N4C(=O)OC(C)(C)C)c3cnc(-c4cccc5cccc(Cl)c45)c(F)c3n2)C1. The van der Waals surface area contributed by atoms with Gasteiger partial charge < -0.3 is 19.3 Å². The molecule has 4 aromatic rings. The maximum atomic E-state index is 16.7. The summed E-state index contributed by atoms with van der Waals surface area (Å²) in [6.07, 6.45) is 4.11. The van der Waals surface area contributed by atoms with Crippen LogP contribution in [0.3, 0.4) is 0 Å². The number of rotatable bonds is 5. The van der Waals surface area contributed by atoms with Crippen LogP contribution in [0.25, 0.3) is 32.9 Å². The molecule has 5 heterocycles. The number of benzene rings is 2. The van der Waals surface area contributed by atoms with Crippen molar-refractivity contribution in [3.05, 3.63) is 53.4 Å². The lowest BCUT2D eigenvalue weighted by Gasteiger charge is -2.42. The standard InChI is InChI=1S/C34H38ClFN6O3/c1-34(2,3)45-33(43)42-22-11-12-23(42)18-41(17-22)31-25-15-37-29(24-9-5-7-21-8-6-10-26(35)27(21)24)28(36)30(25)38-32(39-31)44-19-20-13-14-40(4)16-20/h5-10,15,20,22-23H,11-14,16-19H2,1-4H3/t20-,22?,23?/m1/s1. The normalized spacial score (nSPS) is 22.0. The van der Waals surface area contributed by atoms with Crippen LogP contribution in [-0.4, -0.2) is 88.4 Å². The Hall–Kier alpha value is -3.76. The highest BCUT2D eigenvalue weighted by Crippen LogP contribution is 2.39. The molecule has 45 heavy (non-hydrogen) atoms. The second-order valence-corrected chi connectivity index (χ2v) is 14.0. The van der Waals surface area contributed by atoms with Gasteiger partial charge in [-0.25, -0.2) is 9.18 Å². The van der Waals surface area contributed by atoms with Crippen molar-refractivity contribution >= 4 is 45.2 Å². The molecule has 9 nitrogen and oxygen atoms in total. The first-order valence-corrected chi connectivity index (χ1v) is 16.0. The number of carbonyl (C=O) groups is 1. The summed E-state index contributed by atoms with van der Waals surface area (Å²) in [5.74, 6) is 0.360. The number of piperazine rings is 1. The molecule has 2 aromatic carbocycles. The van der Waals surface area contributed by atoms with Gasteiger partial charge in [0.15, 0.2) is 5.82 Å². The van der Waals surface area contributed by atoms with Crippen molar-refractivity contribution in [2.45, 2.75) is 57.7 Å². The molecule has 0 saturated carbocycles. The van der Waals surface area contributed by atoms with E-state index >= 15 is 4.39 Å². The van der Waals surface area contributed by atoms with Crippen LogP contribution in [0.2, 0.25) is 5.02 Å². The van der Waals surface area contributed by atoms with E-state index in [1.54, 1.807) is 12.3 Å². The van der Waals surface area contributed by atoms with Crippen molar-refractivity contribution in [3.8, 4) is 17.3 Å². The summed E-state index contributed by atoms with van der Waals surface area (Å²) in [6.45, 7) is 9.11. The highest BCUT2D eigenvalue weighted by atomic mass is 35.5. The number of hydrogen-bond acceptors (Lipinski definition) is 8. The van der Waals surface area contributed by atoms with Crippen LogP contribution in [0.15, 0.2) is 42.6 Å². The number of amides is 1. The Kier molecular flexibility index (Phi) is 7.68. The van der Waals surface area contributed by atoms with Gasteiger partial charge in [0.25, 0.3) is 0 Å². The number of fused-ring (bicyclic) bond motifs is 4. The zero-order valence-electron chi connectivity index (χ0n) is 26.1. The monoisotopic (exact) mass is 632 g/mol. The summed E-state index contributed by atoms with van der Waals surface area (Å²) < 4.78 is 28.6. The van der Waals surface area contributed by atoms with E-state index in [1.807, 2.05) is 56.0 Å². The van der Waals surface area contributed by atoms with Crippen molar-refractivity contribution in [1.29, 1.82) is 0 Å². The average molecular weight is 633 g/mol. The molecular formula is C34H38ClFN6O3. The van der Waals surface area contributed by atoms with Crippen LogP contribution in [0.1, 0.15) is 40.0 Å². The van der Waals surface area contributed by atoms with Crippen molar-refractivity contribution in [2.75, 3.05) is 44.7 Å². The lowest BCUT2D eigenvalue weighted by molar-refractivity contribution is 0.0122. The molecule has 3 atom stereocenters. The quantitative estimate of drug-likeness (QED) is 0.245. The van der Waals surface area contributed by atoms with Gasteiger partial charge in [-0.3, -0.25) is 9.88 Å². The third-order valence-corrected chi connectivity index (χ3v) is 9.39. The maximum absolute atomic E-state index is 16.7. The van der Waals surface area contributed by atoms with Crippen molar-refractivity contribution < 1.29 is 18.7 Å². The van der Waals surface area contributed by atoms with Crippen molar-refractivity contribution in [1.82, 2.24) is 24.8 Å². The number of carbonyl (C=O) groups excluding carboxylic acids is 1. The largest absolute Gasteiger partial charge is 0.463 e. The van der Waals surface area contributed by atoms with Gasteiger partial charge in [0.2, 0.25) is 0 Å². The fourth-order valence-electron chi connectivity index (χ4n) is 7.05. The summed E-state index contributed by atoms with van der Waals surface area (Å²) in [5, 5.41) is 2.66. The van der Waals surface area contributed by atoms with E-state index in [9.17, 15) is 4.79 Å². The lowest BCUT2D eigenvalue weighted by atomic mass is 10.0. The molecule has 2 aromatic heterocycles. The lowest BCUT2D eigenvalue weighted by Crippen LogP contribution is -2.57. The molecule has 0 N–H and O–H groups in total. The minimum atomic E-state index is -0.577. The van der Waals surface area contributed by atoms with E-state index < -0.39 is 11.4 Å². The topological polar surface area (TPSA) is 83.9 Å². The molecule has 0 aliphatic carbocycles. The average Bonchev–Trinajstić information content (AvgIpc) is 3.54. The molecule has 11 heteroatoms. The molecule has 0 spiro atoms. The number of pyridine rings is 1. The molecule has 3 aliphatic rings. The number of aromatic nitrogens is 3. The smallest absolute Gasteiger partial charge is 0.410 e. The van der Waals surface area contributed by atoms with Gasteiger partial charge in [0.05, 0.1) is 24.1 Å². The third kappa shape index (κ3) is 5.74. The molecule has 236 valence electrons. The molecule has 3 aliphatic heterocycles. The first-order chi connectivity index (χ1) is 21.6. The summed E-state index contributed by atoms with van der Waals surface area (Å²) in [5.41, 5.74) is 0.336. The Bertz CT molecular complexity index is 1760. The Labute approximate surface area is 267 Å². The summed E-state index contributed by atoms with van der Waals surface area (Å²) in [7, 11) is 2.10. The Morgan fingerprint density at radius 2 is 1.78 bits per heavy atom. The second kappa shape index (κ2) is 11.6. The highest BCUT2D eigenvalue weighted by molar-refractivity contribution is 6.36. The summed E-state index contributed by atoms with van der Waals surface area (Å²) >= 11 is 6.61. The Morgan fingerprint density at radius 3 is 2.47 bits per heavy atom. The van der Waals surface area contributed by atoms with E-state index in [2.05, 4.69) is 26.8 Å². The number of anilines is 1. The zero-order valence-corrected chi connectivity index (χ0v) is 26.9. The highest BCUT2D eigenvalue weighted by Gasteiger charge is 2.45. The van der Waals surface area contributed by atoms with Crippen LogP contribution < -0.4 is 9.64 Å². The van der Waals surface area contributed by atoms with Gasteiger partial charge in [-0.05, 0) is 65.1 Å². The van der Waals surface area contributed by atoms with Gasteiger partial charge >= 0.3 is 12.1 Å². The zero-order chi connectivity index (χ0) is 31.5. The number of likely N-dealkylation sites (tertiary alicyclic amines) is 1. The van der Waals surface area contributed by atoms with E-state index in [-0.39, 0.29) is 35.4 Å². The van der Waals surface area contributed by atoms with Crippen LogP contribution in [-0.2, 0) is 4.74 Å². The van der Waals surface area contributed by atoms with Gasteiger partial charge in [-0.15, -0.1) is 0 Å². The van der Waals surface area contributed by atoms with E-state index in [0.717, 1.165) is 43.1 Å². The third-order valence-electron chi connectivity index (χ3n) is 9.08. The van der Waals surface area contributed by atoms with Gasteiger partial charge in [-0.1, -0.05) is 41.9 Å². The predicted octanol–water partition coefficient (Wildman–Crippen LogP) is 6.56. The first kappa shape index (κ1) is 29.9. The van der Waals surface area contributed by atoms with E-state index in [4.69, 9.17) is 26.1 Å². The van der Waals surface area contributed by atoms with Crippen molar-refractivity contribution in [3.63, 3.8) is 0 Å². The first-order valence-electron chi connectivity index (χ1n) is 15.7. The molecule has 2 unspecified atom stereocenters. The molecular weight excluding hydrogens is 595 g/mol. The number of ether oxygens (including phenoxy) is 2. The van der Waals surface area contributed by atoms with Crippen LogP contribution in [0.4, 0.5) is 15.0 Å². The van der Waals surface area contributed by atoms with Crippen LogP contribution >= 0.6 is 11.6 Å². The second-order valence-electron chi connectivity index (χ2n) is 13.6. The van der Waals surface area contributed by atoms with Crippen LogP contribution in [0, 0.1) is 11.7 Å². The Morgan fingerprint density at radius 1 is 1.04 bits per heavy atom.